The van der Waals surface area contributed by atoms with Crippen LogP contribution < -0.4 is 25.6 Å². The molecule has 5 aromatic rings. The topological polar surface area (TPSA) is 182 Å². The SMILES string of the molecule is Cc1cc(NC(=O)c2ccc(CN3CCN(CCCC(C)(O)C#CCOc4ccc(N5CC6(CCC(=O)NC6=O)CC5=O)cc4)CC3)cc2)ccc1Nc1nccc(-c2cccnc2)n1. The fourth-order valence-electron chi connectivity index (χ4n) is 8.44. The van der Waals surface area contributed by atoms with Gasteiger partial charge in [0.25, 0.3) is 5.91 Å². The third-order valence-electron chi connectivity index (χ3n) is 12.2. The van der Waals surface area contributed by atoms with Crippen molar-refractivity contribution in [3.05, 3.63) is 120 Å². The number of nitrogens with zero attached hydrogens (tertiary/aromatic N) is 6. The average Bonchev–Trinajstić information content (AvgIpc) is 3.65. The first-order chi connectivity index (χ1) is 31.4. The number of aromatic nitrogens is 3. The lowest BCUT2D eigenvalue weighted by atomic mass is 9.79. The second-order valence-corrected chi connectivity index (χ2v) is 17.2. The van der Waals surface area contributed by atoms with Gasteiger partial charge in [-0.25, -0.2) is 9.97 Å². The van der Waals surface area contributed by atoms with E-state index in [9.17, 15) is 24.3 Å². The monoisotopic (exact) mass is 875 g/mol. The molecule has 65 heavy (non-hydrogen) atoms. The van der Waals surface area contributed by atoms with E-state index in [-0.39, 0.29) is 49.6 Å². The van der Waals surface area contributed by atoms with Gasteiger partial charge in [-0.1, -0.05) is 24.0 Å². The molecule has 3 saturated heterocycles. The number of rotatable bonds is 14. The number of benzene rings is 3. The lowest BCUT2D eigenvalue weighted by molar-refractivity contribution is -0.142. The van der Waals surface area contributed by atoms with Crippen molar-refractivity contribution >= 4 is 46.6 Å². The summed E-state index contributed by atoms with van der Waals surface area (Å²) in [7, 11) is 0. The minimum Gasteiger partial charge on any atom is -0.481 e. The number of hydrogen-bond acceptors (Lipinski definition) is 12. The van der Waals surface area contributed by atoms with E-state index >= 15 is 0 Å². The van der Waals surface area contributed by atoms with Crippen molar-refractivity contribution in [2.24, 2.45) is 5.41 Å². The smallest absolute Gasteiger partial charge is 0.255 e. The molecule has 3 fully saturated rings. The maximum Gasteiger partial charge on any atom is 0.255 e. The van der Waals surface area contributed by atoms with Crippen LogP contribution in [-0.4, -0.2) is 105 Å². The molecule has 3 aliphatic heterocycles. The highest BCUT2D eigenvalue weighted by molar-refractivity contribution is 6.07. The molecule has 4 N–H and O–H groups in total. The zero-order valence-corrected chi connectivity index (χ0v) is 36.7. The Labute approximate surface area is 378 Å². The summed E-state index contributed by atoms with van der Waals surface area (Å²) >= 11 is 0. The number of nitrogens with one attached hydrogen (secondary N) is 3. The van der Waals surface area contributed by atoms with Crippen LogP contribution >= 0.6 is 0 Å². The second-order valence-electron chi connectivity index (χ2n) is 17.2. The number of carbonyl (C=O) groups is 4. The molecule has 15 heteroatoms. The average molecular weight is 876 g/mol. The van der Waals surface area contributed by atoms with Gasteiger partial charge in [0, 0.05) is 98.9 Å². The minimum atomic E-state index is -1.15. The molecule has 2 aromatic heterocycles. The normalized spacial score (nSPS) is 18.7. The number of hydrogen-bond donors (Lipinski definition) is 4. The van der Waals surface area contributed by atoms with Gasteiger partial charge in [-0.2, -0.15) is 0 Å². The number of carbonyl (C=O) groups excluding carboxylic acids is 4. The summed E-state index contributed by atoms with van der Waals surface area (Å²) in [6.07, 6.45) is 7.21. The number of imide groups is 1. The van der Waals surface area contributed by atoms with E-state index in [1.807, 2.05) is 67.6 Å². The predicted molar refractivity (Wildman–Crippen MR) is 247 cm³/mol. The molecule has 2 unspecified atom stereocenters. The van der Waals surface area contributed by atoms with E-state index in [1.54, 1.807) is 54.7 Å². The van der Waals surface area contributed by atoms with E-state index < -0.39 is 11.0 Å². The first kappa shape index (κ1) is 44.6. The zero-order valence-electron chi connectivity index (χ0n) is 36.7. The quantitative estimate of drug-likeness (QED) is 0.0787. The van der Waals surface area contributed by atoms with Crippen LogP contribution in [0.2, 0.25) is 0 Å². The Kier molecular flexibility index (Phi) is 13.6. The van der Waals surface area contributed by atoms with E-state index in [0.717, 1.165) is 73.8 Å². The number of aryl methyl sites for hydroxylation is 1. The predicted octanol–water partition coefficient (Wildman–Crippen LogP) is 5.73. The van der Waals surface area contributed by atoms with Gasteiger partial charge in [-0.05, 0) is 124 Å². The van der Waals surface area contributed by atoms with Crippen molar-refractivity contribution in [2.45, 2.75) is 58.1 Å². The largest absolute Gasteiger partial charge is 0.481 e. The second kappa shape index (κ2) is 19.8. The van der Waals surface area contributed by atoms with Crippen molar-refractivity contribution < 1.29 is 29.0 Å². The molecule has 3 aromatic carbocycles. The molecule has 2 atom stereocenters. The zero-order chi connectivity index (χ0) is 45.4. The fraction of sp³-hybridized carbons (Fsp3) is 0.340. The number of aliphatic hydroxyl groups is 1. The highest BCUT2D eigenvalue weighted by Crippen LogP contribution is 2.40. The first-order valence-electron chi connectivity index (χ1n) is 22.0. The van der Waals surface area contributed by atoms with Crippen LogP contribution in [-0.2, 0) is 20.9 Å². The molecule has 5 heterocycles. The van der Waals surface area contributed by atoms with Crippen molar-refractivity contribution in [1.29, 1.82) is 0 Å². The Morgan fingerprint density at radius 1 is 0.969 bits per heavy atom. The molecular weight excluding hydrogens is 823 g/mol. The lowest BCUT2D eigenvalue weighted by Gasteiger charge is -2.35. The summed E-state index contributed by atoms with van der Waals surface area (Å²) in [6.45, 7) is 9.42. The molecule has 4 amide bonds. The molecule has 0 radical (unpaired) electrons. The van der Waals surface area contributed by atoms with E-state index in [0.29, 0.717) is 41.5 Å². The van der Waals surface area contributed by atoms with Gasteiger partial charge in [0.15, 0.2) is 0 Å². The van der Waals surface area contributed by atoms with Gasteiger partial charge in [0.05, 0.1) is 11.1 Å². The molecule has 8 rings (SSSR count). The summed E-state index contributed by atoms with van der Waals surface area (Å²) < 4.78 is 5.78. The molecule has 334 valence electrons. The number of anilines is 4. The maximum atomic E-state index is 13.2. The Balaban J connectivity index is 0.717. The lowest BCUT2D eigenvalue weighted by Crippen LogP contribution is -2.50. The van der Waals surface area contributed by atoms with Crippen molar-refractivity contribution in [1.82, 2.24) is 30.1 Å². The van der Waals surface area contributed by atoms with Crippen LogP contribution in [0.5, 0.6) is 5.75 Å². The van der Waals surface area contributed by atoms with E-state index in [4.69, 9.17) is 4.74 Å². The Morgan fingerprint density at radius 2 is 1.75 bits per heavy atom. The van der Waals surface area contributed by atoms with E-state index in [2.05, 4.69) is 52.5 Å². The molecule has 1 spiro atoms. The standard InChI is InChI=1S/C50H53N9O6/c1-35-30-39(11-16-42(35)54-48-52-23-18-43(55-48)38-6-3-22-51-32-38)53-46(62)37-9-7-36(8-10-37)33-58-27-25-57(26-28-58)24-4-19-49(2,64)20-5-29-65-41-14-12-40(13-15-41)59-34-50(31-45(59)61)21-17-44(60)56-47(50)63/h3,6-16,18,22-23,30,32,64H,4,17,19,21,24-29,31,33-34H2,1-2H3,(H,53,62)(H,52,54,55)(H,56,60,63). The van der Waals surface area contributed by atoms with Crippen LogP contribution in [0.15, 0.2) is 104 Å². The van der Waals surface area contributed by atoms with Crippen molar-refractivity contribution in [2.75, 3.05) is 61.4 Å². The molecule has 3 aliphatic rings. The highest BCUT2D eigenvalue weighted by Gasteiger charge is 2.51. The number of piperidine rings is 1. The van der Waals surface area contributed by atoms with Gasteiger partial charge in [0.2, 0.25) is 23.7 Å². The summed E-state index contributed by atoms with van der Waals surface area (Å²) in [5, 5.41) is 19.6. The third kappa shape index (κ3) is 11.4. The van der Waals surface area contributed by atoms with Crippen LogP contribution in [0, 0.1) is 24.2 Å². The summed E-state index contributed by atoms with van der Waals surface area (Å²) in [4.78, 5) is 69.7. The third-order valence-corrected chi connectivity index (χ3v) is 12.2. The summed E-state index contributed by atoms with van der Waals surface area (Å²) in [5.74, 6) is 5.94. The van der Waals surface area contributed by atoms with E-state index in [1.165, 1.54) is 0 Å². The molecule has 0 aliphatic carbocycles. The molecule has 0 saturated carbocycles. The van der Waals surface area contributed by atoms with Gasteiger partial charge in [0.1, 0.15) is 18.0 Å². The number of piperazine rings is 1. The maximum absolute atomic E-state index is 13.2. The van der Waals surface area contributed by atoms with Gasteiger partial charge in [-0.15, -0.1) is 0 Å². The Bertz CT molecular complexity index is 2590. The first-order valence-corrected chi connectivity index (χ1v) is 22.0. The highest BCUT2D eigenvalue weighted by atomic mass is 16.5. The van der Waals surface area contributed by atoms with Crippen LogP contribution in [0.4, 0.5) is 23.0 Å². The van der Waals surface area contributed by atoms with Gasteiger partial charge < -0.3 is 30.3 Å². The molecule has 15 nitrogen and oxygen atoms in total. The van der Waals surface area contributed by atoms with Crippen LogP contribution in [0.25, 0.3) is 11.3 Å². The Morgan fingerprint density at radius 3 is 2.49 bits per heavy atom. The van der Waals surface area contributed by atoms with Gasteiger partial charge >= 0.3 is 0 Å². The summed E-state index contributed by atoms with van der Waals surface area (Å²) in [5.41, 5.74) is 4.52. The number of amides is 4. The molecule has 0 bridgehead atoms. The Hall–Kier alpha value is -6.99. The van der Waals surface area contributed by atoms with Crippen LogP contribution in [0.1, 0.15) is 60.5 Å². The van der Waals surface area contributed by atoms with Crippen LogP contribution in [0.3, 0.4) is 0 Å². The van der Waals surface area contributed by atoms with Crippen molar-refractivity contribution in [3.8, 4) is 28.8 Å². The molecular formula is C50H53N9O6. The van der Waals surface area contributed by atoms with Gasteiger partial charge in [-0.3, -0.25) is 34.4 Å². The number of pyridine rings is 1. The fourth-order valence-corrected chi connectivity index (χ4v) is 8.44. The summed E-state index contributed by atoms with van der Waals surface area (Å²) in [6, 6.07) is 26.1. The number of ether oxygens (including phenoxy) is 1. The van der Waals surface area contributed by atoms with Crippen molar-refractivity contribution in [3.63, 3.8) is 0 Å². The minimum absolute atomic E-state index is 0.0825.